The number of amides is 2. The second kappa shape index (κ2) is 6.23. The number of carboxylic acids is 1. The van der Waals surface area contributed by atoms with Gasteiger partial charge in [0.05, 0.1) is 18.9 Å². The smallest absolute Gasteiger partial charge is 0.319 e. The van der Waals surface area contributed by atoms with E-state index in [0.29, 0.717) is 6.61 Å². The molecule has 0 aromatic rings. The third-order valence-electron chi connectivity index (χ3n) is 2.78. The summed E-state index contributed by atoms with van der Waals surface area (Å²) >= 11 is 0. The van der Waals surface area contributed by atoms with E-state index < -0.39 is 11.9 Å². The van der Waals surface area contributed by atoms with Gasteiger partial charge in [-0.3, -0.25) is 9.59 Å². The topological polar surface area (TPSA) is 87.2 Å². The summed E-state index contributed by atoms with van der Waals surface area (Å²) in [6.07, 6.45) is 0.145. The minimum Gasteiger partial charge on any atom is -0.481 e. The molecule has 102 valence electrons. The molecule has 0 atom stereocenters. The van der Waals surface area contributed by atoms with Gasteiger partial charge in [0.2, 0.25) is 0 Å². The summed E-state index contributed by atoms with van der Waals surface area (Å²) in [5.74, 6) is -1.69. The van der Waals surface area contributed by atoms with Gasteiger partial charge in [0, 0.05) is 26.7 Å². The lowest BCUT2D eigenvalue weighted by Crippen LogP contribution is -2.56. The average Bonchev–Trinajstić information content (AvgIpc) is 2.23. The zero-order chi connectivity index (χ0) is 13.7. The second-order valence-electron chi connectivity index (χ2n) is 4.20. The molecule has 1 aliphatic rings. The molecule has 1 heterocycles. The van der Waals surface area contributed by atoms with Crippen molar-refractivity contribution in [3.63, 3.8) is 0 Å². The number of nitrogens with zero attached hydrogens (tertiary/aromatic N) is 2. The van der Waals surface area contributed by atoms with Crippen LogP contribution < -0.4 is 0 Å². The van der Waals surface area contributed by atoms with E-state index in [2.05, 4.69) is 0 Å². The van der Waals surface area contributed by atoms with E-state index in [1.165, 1.54) is 9.80 Å². The molecule has 0 aliphatic carbocycles. The molecule has 1 rings (SSSR count). The van der Waals surface area contributed by atoms with Crippen molar-refractivity contribution in [2.45, 2.75) is 13.3 Å². The van der Waals surface area contributed by atoms with Crippen LogP contribution in [0.5, 0.6) is 0 Å². The predicted molar refractivity (Wildman–Crippen MR) is 62.0 cm³/mol. The standard InChI is InChI=1S/C11H18N2O5/c1-3-18-9(14)4-5-12(2)11(17)13-6-8(7-13)10(15)16/h8H,3-7H2,1-2H3,(H,15,16). The number of hydrogen-bond acceptors (Lipinski definition) is 4. The normalized spacial score (nSPS) is 14.9. The Labute approximate surface area is 105 Å². The number of likely N-dealkylation sites (tertiary alicyclic amines) is 1. The van der Waals surface area contributed by atoms with Crippen molar-refractivity contribution < 1.29 is 24.2 Å². The SMILES string of the molecule is CCOC(=O)CCN(C)C(=O)N1CC(C(=O)O)C1. The van der Waals surface area contributed by atoms with Gasteiger partial charge >= 0.3 is 18.0 Å². The maximum Gasteiger partial charge on any atom is 0.319 e. The Morgan fingerprint density at radius 3 is 2.50 bits per heavy atom. The molecule has 0 aromatic heterocycles. The van der Waals surface area contributed by atoms with E-state index in [1.54, 1.807) is 14.0 Å². The lowest BCUT2D eigenvalue weighted by atomic mass is 10.0. The second-order valence-corrected chi connectivity index (χ2v) is 4.20. The number of hydrogen-bond donors (Lipinski definition) is 1. The van der Waals surface area contributed by atoms with Crippen molar-refractivity contribution in [1.29, 1.82) is 0 Å². The van der Waals surface area contributed by atoms with Crippen LogP contribution in [0.15, 0.2) is 0 Å². The molecular formula is C11H18N2O5. The highest BCUT2D eigenvalue weighted by molar-refractivity contribution is 5.80. The fourth-order valence-corrected chi connectivity index (χ4v) is 1.62. The Balaban J connectivity index is 2.26. The van der Waals surface area contributed by atoms with Crippen LogP contribution in [0.25, 0.3) is 0 Å². The van der Waals surface area contributed by atoms with Crippen LogP contribution >= 0.6 is 0 Å². The summed E-state index contributed by atoms with van der Waals surface area (Å²) in [6.45, 7) is 2.78. The molecule has 2 amide bonds. The van der Waals surface area contributed by atoms with Crippen LogP contribution in [0.1, 0.15) is 13.3 Å². The molecule has 18 heavy (non-hydrogen) atoms. The molecule has 0 saturated carbocycles. The van der Waals surface area contributed by atoms with Crippen molar-refractivity contribution >= 4 is 18.0 Å². The summed E-state index contributed by atoms with van der Waals surface area (Å²) in [5.41, 5.74) is 0. The van der Waals surface area contributed by atoms with Gasteiger partial charge in [0.15, 0.2) is 0 Å². The minimum atomic E-state index is -0.881. The third-order valence-corrected chi connectivity index (χ3v) is 2.78. The Bertz CT molecular complexity index is 338. The Morgan fingerprint density at radius 1 is 1.39 bits per heavy atom. The molecule has 1 N–H and O–H groups in total. The first kappa shape index (κ1) is 14.3. The quantitative estimate of drug-likeness (QED) is 0.702. The fourth-order valence-electron chi connectivity index (χ4n) is 1.62. The molecule has 0 aromatic carbocycles. The predicted octanol–water partition coefficient (Wildman–Crippen LogP) is 0.00780. The number of ether oxygens (including phenoxy) is 1. The number of aliphatic carboxylic acids is 1. The summed E-state index contributed by atoms with van der Waals surface area (Å²) in [7, 11) is 1.58. The number of carbonyl (C=O) groups is 3. The van der Waals surface area contributed by atoms with Gasteiger partial charge < -0.3 is 19.6 Å². The Hall–Kier alpha value is -1.79. The largest absolute Gasteiger partial charge is 0.481 e. The van der Waals surface area contributed by atoms with E-state index in [0.717, 1.165) is 0 Å². The minimum absolute atomic E-state index is 0.145. The summed E-state index contributed by atoms with van der Waals surface area (Å²) in [5, 5.41) is 8.69. The number of esters is 1. The monoisotopic (exact) mass is 258 g/mol. The molecule has 1 aliphatic heterocycles. The summed E-state index contributed by atoms with van der Waals surface area (Å²) in [4.78, 5) is 36.3. The fraction of sp³-hybridized carbons (Fsp3) is 0.727. The Kier molecular flexibility index (Phi) is 4.94. The summed E-state index contributed by atoms with van der Waals surface area (Å²) < 4.78 is 4.75. The van der Waals surface area contributed by atoms with Gasteiger partial charge in [-0.2, -0.15) is 0 Å². The van der Waals surface area contributed by atoms with Crippen molar-refractivity contribution in [1.82, 2.24) is 9.80 Å². The highest BCUT2D eigenvalue weighted by atomic mass is 16.5. The zero-order valence-electron chi connectivity index (χ0n) is 10.6. The number of rotatable bonds is 5. The van der Waals surface area contributed by atoms with E-state index in [9.17, 15) is 14.4 Å². The lowest BCUT2D eigenvalue weighted by molar-refractivity contribution is -0.146. The first-order valence-corrected chi connectivity index (χ1v) is 5.84. The molecule has 0 radical (unpaired) electrons. The molecular weight excluding hydrogens is 240 g/mol. The number of carbonyl (C=O) groups excluding carboxylic acids is 2. The van der Waals surface area contributed by atoms with Crippen molar-refractivity contribution in [3.05, 3.63) is 0 Å². The molecule has 1 fully saturated rings. The van der Waals surface area contributed by atoms with Gasteiger partial charge in [-0.05, 0) is 6.92 Å². The molecule has 0 spiro atoms. The van der Waals surface area contributed by atoms with Crippen LogP contribution in [0.2, 0.25) is 0 Å². The Morgan fingerprint density at radius 2 is 2.00 bits per heavy atom. The van der Waals surface area contributed by atoms with Crippen LogP contribution in [-0.4, -0.2) is 66.2 Å². The van der Waals surface area contributed by atoms with Gasteiger partial charge in [-0.1, -0.05) is 0 Å². The molecule has 1 saturated heterocycles. The van der Waals surface area contributed by atoms with E-state index in [4.69, 9.17) is 9.84 Å². The van der Waals surface area contributed by atoms with Crippen LogP contribution in [0, 0.1) is 5.92 Å². The van der Waals surface area contributed by atoms with Gasteiger partial charge in [-0.25, -0.2) is 4.79 Å². The van der Waals surface area contributed by atoms with Crippen molar-refractivity contribution in [2.24, 2.45) is 5.92 Å². The van der Waals surface area contributed by atoms with Crippen molar-refractivity contribution in [2.75, 3.05) is 33.3 Å². The molecule has 7 nitrogen and oxygen atoms in total. The van der Waals surface area contributed by atoms with Crippen LogP contribution in [0.4, 0.5) is 4.79 Å². The van der Waals surface area contributed by atoms with Gasteiger partial charge in [-0.15, -0.1) is 0 Å². The summed E-state index contributed by atoms with van der Waals surface area (Å²) in [6, 6.07) is -0.253. The van der Waals surface area contributed by atoms with Crippen LogP contribution in [-0.2, 0) is 14.3 Å². The van der Waals surface area contributed by atoms with Crippen LogP contribution in [0.3, 0.4) is 0 Å². The first-order chi connectivity index (χ1) is 8.45. The first-order valence-electron chi connectivity index (χ1n) is 5.84. The number of carboxylic acid groups (broad SMARTS) is 1. The maximum absolute atomic E-state index is 11.8. The van der Waals surface area contributed by atoms with E-state index >= 15 is 0 Å². The number of urea groups is 1. The van der Waals surface area contributed by atoms with E-state index in [1.807, 2.05) is 0 Å². The maximum atomic E-state index is 11.8. The third kappa shape index (κ3) is 3.61. The highest BCUT2D eigenvalue weighted by Gasteiger charge is 2.36. The highest BCUT2D eigenvalue weighted by Crippen LogP contribution is 2.17. The zero-order valence-corrected chi connectivity index (χ0v) is 10.6. The average molecular weight is 258 g/mol. The van der Waals surface area contributed by atoms with Gasteiger partial charge in [0.1, 0.15) is 0 Å². The van der Waals surface area contributed by atoms with Crippen molar-refractivity contribution in [3.8, 4) is 0 Å². The molecule has 0 bridgehead atoms. The molecule has 7 heteroatoms. The lowest BCUT2D eigenvalue weighted by Gasteiger charge is -2.38. The molecule has 0 unspecified atom stereocenters. The van der Waals surface area contributed by atoms with E-state index in [-0.39, 0.29) is 38.1 Å². The van der Waals surface area contributed by atoms with Gasteiger partial charge in [0.25, 0.3) is 0 Å².